The van der Waals surface area contributed by atoms with Crippen LogP contribution in [0.1, 0.15) is 43.6 Å². The number of aromatic nitrogens is 2. The van der Waals surface area contributed by atoms with Crippen LogP contribution in [0, 0.1) is 0 Å². The average Bonchev–Trinajstić information content (AvgIpc) is 3.26. The van der Waals surface area contributed by atoms with E-state index in [9.17, 15) is 9.59 Å². The summed E-state index contributed by atoms with van der Waals surface area (Å²) in [6.07, 6.45) is 0.769. The van der Waals surface area contributed by atoms with Gasteiger partial charge in [0.25, 0.3) is 5.89 Å². The number of esters is 2. The quantitative estimate of drug-likeness (QED) is 0.384. The van der Waals surface area contributed by atoms with Gasteiger partial charge in [-0.3, -0.25) is 4.79 Å². The minimum absolute atomic E-state index is 0.181. The van der Waals surface area contributed by atoms with Crippen molar-refractivity contribution in [2.24, 2.45) is 0 Å². The molecular weight excluding hydrogens is 422 g/mol. The van der Waals surface area contributed by atoms with Gasteiger partial charge in [0, 0.05) is 11.1 Å². The Kier molecular flexibility index (Phi) is 7.95. The molecule has 0 amide bonds. The molecule has 0 fully saturated rings. The summed E-state index contributed by atoms with van der Waals surface area (Å²) in [6.45, 7) is 8.48. The molecule has 8 heteroatoms. The van der Waals surface area contributed by atoms with E-state index in [4.69, 9.17) is 14.0 Å². The van der Waals surface area contributed by atoms with Crippen LogP contribution in [0.4, 0.5) is 0 Å². The van der Waals surface area contributed by atoms with Crippen molar-refractivity contribution < 1.29 is 23.6 Å². The number of rotatable bonds is 9. The van der Waals surface area contributed by atoms with E-state index in [0.29, 0.717) is 30.4 Å². The van der Waals surface area contributed by atoms with E-state index in [1.807, 2.05) is 45.0 Å². The summed E-state index contributed by atoms with van der Waals surface area (Å²) in [4.78, 5) is 28.0. The van der Waals surface area contributed by atoms with Crippen molar-refractivity contribution in [2.75, 3.05) is 19.7 Å². The third-order valence-corrected chi connectivity index (χ3v) is 4.56. The monoisotopic (exact) mass is 451 g/mol. The fourth-order valence-electron chi connectivity index (χ4n) is 3.04. The molecule has 0 saturated carbocycles. The summed E-state index contributed by atoms with van der Waals surface area (Å²) in [6, 6.07) is 14.7. The average molecular weight is 452 g/mol. The van der Waals surface area contributed by atoms with E-state index in [0.717, 1.165) is 23.1 Å². The van der Waals surface area contributed by atoms with Crippen LogP contribution in [0.15, 0.2) is 53.1 Å². The fraction of sp³-hybridized carbons (Fsp3) is 0.360. The highest BCUT2D eigenvalue weighted by molar-refractivity contribution is 5.89. The highest BCUT2D eigenvalue weighted by Gasteiger charge is 2.15. The number of benzene rings is 2. The van der Waals surface area contributed by atoms with Crippen molar-refractivity contribution in [3.8, 4) is 22.8 Å². The van der Waals surface area contributed by atoms with Crippen molar-refractivity contribution in [2.45, 2.75) is 39.7 Å². The Morgan fingerprint density at radius 3 is 2.30 bits per heavy atom. The van der Waals surface area contributed by atoms with Gasteiger partial charge in [-0.05, 0) is 70.5 Å². The highest BCUT2D eigenvalue weighted by atomic mass is 16.6. The molecule has 3 rings (SSSR count). The Morgan fingerprint density at radius 2 is 1.67 bits per heavy atom. The first-order chi connectivity index (χ1) is 15.7. The van der Waals surface area contributed by atoms with E-state index in [2.05, 4.69) is 15.5 Å². The molecule has 1 N–H and O–H groups in total. The molecule has 0 aliphatic heterocycles. The lowest BCUT2D eigenvalue weighted by Gasteiger charge is -2.19. The summed E-state index contributed by atoms with van der Waals surface area (Å²) < 4.78 is 15.7. The molecular formula is C25H29N3O5. The predicted molar refractivity (Wildman–Crippen MR) is 124 cm³/mol. The van der Waals surface area contributed by atoms with Gasteiger partial charge in [0.1, 0.15) is 5.60 Å². The molecule has 0 aliphatic rings. The van der Waals surface area contributed by atoms with Gasteiger partial charge in [-0.2, -0.15) is 4.98 Å². The van der Waals surface area contributed by atoms with Gasteiger partial charge in [-0.25, -0.2) is 4.79 Å². The summed E-state index contributed by atoms with van der Waals surface area (Å²) in [5.41, 5.74) is 2.66. The first-order valence-corrected chi connectivity index (χ1v) is 10.9. The molecule has 0 bridgehead atoms. The van der Waals surface area contributed by atoms with Gasteiger partial charge in [0.05, 0.1) is 18.7 Å². The van der Waals surface area contributed by atoms with Gasteiger partial charge in [-0.1, -0.05) is 29.4 Å². The molecule has 33 heavy (non-hydrogen) atoms. The van der Waals surface area contributed by atoms with Gasteiger partial charge in [0.15, 0.2) is 0 Å². The summed E-state index contributed by atoms with van der Waals surface area (Å²) in [5, 5.41) is 7.14. The maximum Gasteiger partial charge on any atom is 0.338 e. The molecule has 0 unspecified atom stereocenters. The Labute approximate surface area is 193 Å². The Morgan fingerprint density at radius 1 is 1.00 bits per heavy atom. The molecule has 174 valence electrons. The summed E-state index contributed by atoms with van der Waals surface area (Å²) in [5.74, 6) is 0.225. The standard InChI is InChI=1S/C25H29N3O5/c1-5-31-24(30)20-12-10-18(11-13-20)22-27-23(33-28-22)19-8-6-17(7-9-19)14-15-26-16-21(29)32-25(2,3)4/h6-13,26H,5,14-16H2,1-4H3. The Bertz CT molecular complexity index is 1070. The van der Waals surface area contributed by atoms with Gasteiger partial charge in [0.2, 0.25) is 5.82 Å². The predicted octanol–water partition coefficient (Wildman–Crippen LogP) is 4.05. The molecule has 1 heterocycles. The Hall–Kier alpha value is -3.52. The first-order valence-electron chi connectivity index (χ1n) is 10.9. The molecule has 0 radical (unpaired) electrons. The van der Waals surface area contributed by atoms with E-state index in [1.54, 1.807) is 31.2 Å². The van der Waals surface area contributed by atoms with Crippen LogP contribution in [0.5, 0.6) is 0 Å². The number of carbonyl (C=O) groups excluding carboxylic acids is 2. The second-order valence-electron chi connectivity index (χ2n) is 8.43. The summed E-state index contributed by atoms with van der Waals surface area (Å²) >= 11 is 0. The molecule has 3 aromatic rings. The molecule has 1 aromatic heterocycles. The maximum absolute atomic E-state index is 11.8. The number of hydrogen-bond acceptors (Lipinski definition) is 8. The van der Waals surface area contributed by atoms with Crippen molar-refractivity contribution in [1.29, 1.82) is 0 Å². The number of carbonyl (C=O) groups is 2. The van der Waals surface area contributed by atoms with Crippen molar-refractivity contribution in [3.63, 3.8) is 0 Å². The molecule has 2 aromatic carbocycles. The smallest absolute Gasteiger partial charge is 0.338 e. The van der Waals surface area contributed by atoms with Gasteiger partial charge < -0.3 is 19.3 Å². The number of ether oxygens (including phenoxy) is 2. The maximum atomic E-state index is 11.8. The second-order valence-corrected chi connectivity index (χ2v) is 8.43. The van der Waals surface area contributed by atoms with Crippen LogP contribution in [-0.4, -0.2) is 47.4 Å². The zero-order chi connectivity index (χ0) is 23.8. The van der Waals surface area contributed by atoms with E-state index in [-0.39, 0.29) is 18.5 Å². The lowest BCUT2D eigenvalue weighted by Crippen LogP contribution is -2.32. The first kappa shape index (κ1) is 24.1. The van der Waals surface area contributed by atoms with Crippen LogP contribution in [0.3, 0.4) is 0 Å². The topological polar surface area (TPSA) is 104 Å². The van der Waals surface area contributed by atoms with Crippen molar-refractivity contribution >= 4 is 11.9 Å². The lowest BCUT2D eigenvalue weighted by atomic mass is 10.1. The third-order valence-electron chi connectivity index (χ3n) is 4.56. The molecule has 8 nitrogen and oxygen atoms in total. The van der Waals surface area contributed by atoms with Crippen LogP contribution < -0.4 is 5.32 Å². The zero-order valence-electron chi connectivity index (χ0n) is 19.4. The number of nitrogens with zero attached hydrogens (tertiary/aromatic N) is 2. The largest absolute Gasteiger partial charge is 0.462 e. The molecule has 0 saturated heterocycles. The van der Waals surface area contributed by atoms with Gasteiger partial charge >= 0.3 is 11.9 Å². The van der Waals surface area contributed by atoms with Crippen molar-refractivity contribution in [3.05, 3.63) is 59.7 Å². The van der Waals surface area contributed by atoms with Crippen molar-refractivity contribution in [1.82, 2.24) is 15.5 Å². The van der Waals surface area contributed by atoms with Crippen LogP contribution in [0.25, 0.3) is 22.8 Å². The minimum atomic E-state index is -0.477. The zero-order valence-corrected chi connectivity index (χ0v) is 19.4. The van der Waals surface area contributed by atoms with Crippen LogP contribution in [-0.2, 0) is 20.7 Å². The highest BCUT2D eigenvalue weighted by Crippen LogP contribution is 2.23. The van der Waals surface area contributed by atoms with Crippen LogP contribution in [0.2, 0.25) is 0 Å². The number of nitrogens with one attached hydrogen (secondary N) is 1. The summed E-state index contributed by atoms with van der Waals surface area (Å²) in [7, 11) is 0. The lowest BCUT2D eigenvalue weighted by molar-refractivity contribution is -0.153. The second kappa shape index (κ2) is 10.9. The SMILES string of the molecule is CCOC(=O)c1ccc(-c2noc(-c3ccc(CCNCC(=O)OC(C)(C)C)cc3)n2)cc1. The van der Waals surface area contributed by atoms with E-state index >= 15 is 0 Å². The number of hydrogen-bond donors (Lipinski definition) is 1. The normalized spacial score (nSPS) is 11.3. The van der Waals surface area contributed by atoms with Crippen LogP contribution >= 0.6 is 0 Å². The molecule has 0 aliphatic carbocycles. The van der Waals surface area contributed by atoms with Gasteiger partial charge in [-0.15, -0.1) is 0 Å². The minimum Gasteiger partial charge on any atom is -0.462 e. The molecule has 0 atom stereocenters. The molecule has 0 spiro atoms. The third kappa shape index (κ3) is 7.25. The fourth-order valence-corrected chi connectivity index (χ4v) is 3.04. The van der Waals surface area contributed by atoms with E-state index in [1.165, 1.54) is 0 Å². The Balaban J connectivity index is 1.53. The van der Waals surface area contributed by atoms with E-state index < -0.39 is 5.60 Å².